The number of alkyl halides is 6. The molecule has 0 saturated heterocycles. The number of aliphatic carboxylic acids is 2. The number of fused-ring (bicyclic) bond motifs is 7. The van der Waals surface area contributed by atoms with E-state index in [-0.39, 0.29) is 49.5 Å². The molecule has 17 heteroatoms. The molecule has 0 heterocycles. The Balaban J connectivity index is 0.000000160. The van der Waals surface area contributed by atoms with E-state index in [4.69, 9.17) is 48.6 Å². The number of carboxylic acids is 2. The summed E-state index contributed by atoms with van der Waals surface area (Å²) >= 11 is 11.9. The molecule has 0 saturated carbocycles. The van der Waals surface area contributed by atoms with Crippen LogP contribution in [0.2, 0.25) is 10.0 Å². The van der Waals surface area contributed by atoms with E-state index < -0.39 is 71.5 Å². The molecule has 6 aromatic carbocycles. The van der Waals surface area contributed by atoms with Crippen LogP contribution in [0.3, 0.4) is 0 Å². The third-order valence-electron chi connectivity index (χ3n) is 9.96. The van der Waals surface area contributed by atoms with Crippen LogP contribution in [0.1, 0.15) is 40.8 Å². The van der Waals surface area contributed by atoms with Crippen LogP contribution in [0.15, 0.2) is 115 Å². The van der Waals surface area contributed by atoms with Gasteiger partial charge in [0.2, 0.25) is 11.2 Å². The summed E-state index contributed by atoms with van der Waals surface area (Å²) < 4.78 is 121. The molecule has 2 aliphatic carbocycles. The molecule has 8 rings (SSSR count). The molecule has 0 fully saturated rings. The monoisotopic (exact) mass is 891 g/mol. The minimum Gasteiger partial charge on any atom is -0.480 e. The predicted octanol–water partition coefficient (Wildman–Crippen LogP) is 11.6. The van der Waals surface area contributed by atoms with Crippen molar-refractivity contribution < 1.29 is 64.4 Å². The minimum atomic E-state index is -5.03. The minimum absolute atomic E-state index is 0.0172. The van der Waals surface area contributed by atoms with Crippen molar-refractivity contribution in [3.8, 4) is 22.3 Å². The summed E-state index contributed by atoms with van der Waals surface area (Å²) in [5, 5.41) is 19.6. The van der Waals surface area contributed by atoms with Crippen molar-refractivity contribution in [3.63, 3.8) is 0 Å². The standard InChI is InChI=1S/2C16H9ClF4O3.C12H13N/c2*17-12-6-8(18)5-11-14(12)9-3-1-2-4-10(9)15(11,16(19,20)21)24-7-13(22)23;1-9(13)11-8-4-6-10-5-2-3-7-12(10)11/h2*1-6H,7H2,(H,22,23);2-9H,13H2,1H3/t15-;;9-/m1.1/s1. The number of hydrogen-bond acceptors (Lipinski definition) is 5. The topological polar surface area (TPSA) is 119 Å². The van der Waals surface area contributed by atoms with Gasteiger partial charge in [0.25, 0.3) is 0 Å². The van der Waals surface area contributed by atoms with Gasteiger partial charge in [-0.25, -0.2) is 18.4 Å². The number of carbonyl (C=O) groups is 2. The van der Waals surface area contributed by atoms with Gasteiger partial charge in [0.15, 0.2) is 0 Å². The average Bonchev–Trinajstić information content (AvgIpc) is 3.64. The smallest absolute Gasteiger partial charge is 0.426 e. The molecule has 2 aliphatic rings. The van der Waals surface area contributed by atoms with E-state index in [2.05, 4.69) is 30.3 Å². The first kappa shape index (κ1) is 45.0. The molecule has 61 heavy (non-hydrogen) atoms. The number of halogens is 10. The van der Waals surface area contributed by atoms with E-state index in [1.54, 1.807) is 0 Å². The van der Waals surface area contributed by atoms with Crippen molar-refractivity contribution in [2.24, 2.45) is 5.73 Å². The first-order valence-corrected chi connectivity index (χ1v) is 18.7. The van der Waals surface area contributed by atoms with Crippen molar-refractivity contribution in [2.45, 2.75) is 36.5 Å². The Kier molecular flexibility index (Phi) is 12.6. The Morgan fingerprint density at radius 3 is 1.43 bits per heavy atom. The van der Waals surface area contributed by atoms with Crippen molar-refractivity contribution in [2.75, 3.05) is 13.2 Å². The van der Waals surface area contributed by atoms with Gasteiger partial charge < -0.3 is 25.4 Å². The highest BCUT2D eigenvalue weighted by Crippen LogP contribution is 2.60. The number of carboxylic acid groups (broad SMARTS) is 2. The Labute approximate surface area is 351 Å². The van der Waals surface area contributed by atoms with E-state index in [9.17, 15) is 44.7 Å². The molecule has 0 bridgehead atoms. The molecule has 0 spiro atoms. The highest BCUT2D eigenvalue weighted by Gasteiger charge is 2.65. The van der Waals surface area contributed by atoms with Crippen LogP contribution in [0.5, 0.6) is 0 Å². The SMILES string of the molecule is C[C@@H](N)c1cccc2ccccc12.O=C(O)COC1(C(F)(F)F)c2ccccc2-c2c(Cl)cc(F)cc21.O=C(O)CO[C@]1(C(F)(F)F)c2ccccc2-c2c(Cl)cc(F)cc21. The van der Waals surface area contributed by atoms with Gasteiger partial charge >= 0.3 is 24.3 Å². The lowest BCUT2D eigenvalue weighted by atomic mass is 9.90. The van der Waals surface area contributed by atoms with Crippen LogP contribution in [0.4, 0.5) is 35.1 Å². The summed E-state index contributed by atoms with van der Waals surface area (Å²) in [5.74, 6) is -5.10. The molecule has 1 unspecified atom stereocenters. The molecule has 0 amide bonds. The van der Waals surface area contributed by atoms with Gasteiger partial charge in [-0.05, 0) is 58.7 Å². The summed E-state index contributed by atoms with van der Waals surface area (Å²) in [7, 11) is 0. The number of benzene rings is 6. The van der Waals surface area contributed by atoms with E-state index in [0.29, 0.717) is 12.1 Å². The zero-order valence-electron chi connectivity index (χ0n) is 31.3. The molecule has 7 nitrogen and oxygen atoms in total. The fourth-order valence-electron chi connectivity index (χ4n) is 7.63. The predicted molar refractivity (Wildman–Crippen MR) is 211 cm³/mol. The molecule has 3 atom stereocenters. The first-order chi connectivity index (χ1) is 28.7. The highest BCUT2D eigenvalue weighted by molar-refractivity contribution is 6.34. The Hall–Kier alpha value is -5.58. The Bertz CT molecular complexity index is 2510. The van der Waals surface area contributed by atoms with Crippen LogP contribution < -0.4 is 5.73 Å². The Morgan fingerprint density at radius 1 is 0.623 bits per heavy atom. The molecular formula is C44H31Cl2F8NO6. The highest BCUT2D eigenvalue weighted by atomic mass is 35.5. The van der Waals surface area contributed by atoms with Gasteiger partial charge in [0, 0.05) is 39.4 Å². The first-order valence-electron chi connectivity index (χ1n) is 17.9. The van der Waals surface area contributed by atoms with Gasteiger partial charge in [-0.3, -0.25) is 0 Å². The average molecular weight is 893 g/mol. The Morgan fingerprint density at radius 2 is 1.02 bits per heavy atom. The summed E-state index contributed by atoms with van der Waals surface area (Å²) in [6, 6.07) is 28.7. The molecular weight excluding hydrogens is 861 g/mol. The van der Waals surface area contributed by atoms with Crippen LogP contribution in [-0.2, 0) is 30.3 Å². The maximum atomic E-state index is 14.0. The van der Waals surface area contributed by atoms with Crippen LogP contribution >= 0.6 is 23.2 Å². The van der Waals surface area contributed by atoms with E-state index in [1.807, 2.05) is 19.1 Å². The van der Waals surface area contributed by atoms with Gasteiger partial charge in [-0.1, -0.05) is 114 Å². The van der Waals surface area contributed by atoms with Gasteiger partial charge in [-0.15, -0.1) is 0 Å². The maximum Gasteiger partial charge on any atom is 0.426 e. The van der Waals surface area contributed by atoms with Gasteiger partial charge in [-0.2, -0.15) is 26.3 Å². The molecule has 0 radical (unpaired) electrons. The second-order valence-electron chi connectivity index (χ2n) is 13.8. The fourth-order valence-corrected chi connectivity index (χ4v) is 8.25. The number of hydrogen-bond donors (Lipinski definition) is 3. The summed E-state index contributed by atoms with van der Waals surface area (Å²) in [4.78, 5) is 21.6. The van der Waals surface area contributed by atoms with Gasteiger partial charge in [0.1, 0.15) is 24.8 Å². The largest absolute Gasteiger partial charge is 0.480 e. The molecule has 0 aliphatic heterocycles. The quantitative estimate of drug-likeness (QED) is 0.137. The van der Waals surface area contributed by atoms with Crippen LogP contribution in [-0.4, -0.2) is 47.7 Å². The second-order valence-corrected chi connectivity index (χ2v) is 14.6. The second kappa shape index (κ2) is 17.1. The molecule has 4 N–H and O–H groups in total. The lowest BCUT2D eigenvalue weighted by Gasteiger charge is -2.33. The maximum absolute atomic E-state index is 14.0. The van der Waals surface area contributed by atoms with E-state index in [1.165, 1.54) is 64.9 Å². The van der Waals surface area contributed by atoms with Crippen LogP contribution in [0, 0.1) is 11.6 Å². The van der Waals surface area contributed by atoms with Crippen molar-refractivity contribution in [1.82, 2.24) is 0 Å². The van der Waals surface area contributed by atoms with Crippen LogP contribution in [0.25, 0.3) is 33.0 Å². The third-order valence-corrected chi connectivity index (χ3v) is 10.6. The number of ether oxygens (including phenoxy) is 2. The molecule has 318 valence electrons. The zero-order valence-corrected chi connectivity index (χ0v) is 32.9. The summed E-state index contributed by atoms with van der Waals surface area (Å²) in [6.45, 7) is -0.398. The summed E-state index contributed by atoms with van der Waals surface area (Å²) in [6.07, 6.45) is -10.1. The van der Waals surface area contributed by atoms with E-state index >= 15 is 0 Å². The lowest BCUT2D eigenvalue weighted by Crippen LogP contribution is -2.45. The summed E-state index contributed by atoms with van der Waals surface area (Å²) in [5.41, 5.74) is -0.615. The van der Waals surface area contributed by atoms with Crippen molar-refractivity contribution in [1.29, 1.82) is 0 Å². The zero-order chi connectivity index (χ0) is 44.7. The molecule has 0 aromatic heterocycles. The number of nitrogens with two attached hydrogens (primary N) is 1. The third kappa shape index (κ3) is 8.15. The van der Waals surface area contributed by atoms with Gasteiger partial charge in [0.05, 0.1) is 10.0 Å². The number of rotatable bonds is 7. The van der Waals surface area contributed by atoms with E-state index in [0.717, 1.165) is 12.1 Å². The normalized spacial score (nSPS) is 17.8. The van der Waals surface area contributed by atoms with Crippen molar-refractivity contribution in [3.05, 3.63) is 165 Å². The lowest BCUT2D eigenvalue weighted by molar-refractivity contribution is -0.265. The molecule has 6 aromatic rings. The fraction of sp³-hybridized carbons (Fsp3) is 0.182. The van der Waals surface area contributed by atoms with Crippen molar-refractivity contribution >= 4 is 45.9 Å².